The first kappa shape index (κ1) is 10.3. The SMILES string of the molecule is Cc1ccc2c(c1)N(C(C)C)C(C)CO2. The molecular formula is C13H19NO. The Hall–Kier alpha value is -1.18. The van der Waals surface area contributed by atoms with Gasteiger partial charge in [0.05, 0.1) is 11.7 Å². The summed E-state index contributed by atoms with van der Waals surface area (Å²) in [6, 6.07) is 7.37. The predicted molar refractivity (Wildman–Crippen MR) is 63.8 cm³/mol. The molecule has 1 aliphatic heterocycles. The van der Waals surface area contributed by atoms with Crippen molar-refractivity contribution in [3.8, 4) is 5.75 Å². The number of rotatable bonds is 1. The van der Waals surface area contributed by atoms with E-state index in [0.29, 0.717) is 12.1 Å². The summed E-state index contributed by atoms with van der Waals surface area (Å²) in [7, 11) is 0. The molecule has 2 rings (SSSR count). The van der Waals surface area contributed by atoms with Gasteiger partial charge in [0.25, 0.3) is 0 Å². The quantitative estimate of drug-likeness (QED) is 0.699. The van der Waals surface area contributed by atoms with Crippen LogP contribution >= 0.6 is 0 Å². The molecule has 2 heteroatoms. The van der Waals surface area contributed by atoms with E-state index in [-0.39, 0.29) is 0 Å². The Balaban J connectivity index is 2.46. The van der Waals surface area contributed by atoms with Gasteiger partial charge in [-0.25, -0.2) is 0 Å². The van der Waals surface area contributed by atoms with Gasteiger partial charge in [0.1, 0.15) is 12.4 Å². The molecule has 1 aromatic carbocycles. The van der Waals surface area contributed by atoms with Crippen LogP contribution in [0.25, 0.3) is 0 Å². The zero-order chi connectivity index (χ0) is 11.0. The van der Waals surface area contributed by atoms with Crippen molar-refractivity contribution in [1.29, 1.82) is 0 Å². The van der Waals surface area contributed by atoms with E-state index < -0.39 is 0 Å². The van der Waals surface area contributed by atoms with Crippen molar-refractivity contribution in [2.45, 2.75) is 39.8 Å². The van der Waals surface area contributed by atoms with Crippen LogP contribution in [0.2, 0.25) is 0 Å². The largest absolute Gasteiger partial charge is 0.489 e. The lowest BCUT2D eigenvalue weighted by Gasteiger charge is -2.39. The van der Waals surface area contributed by atoms with Gasteiger partial charge in [-0.3, -0.25) is 0 Å². The molecule has 1 aliphatic rings. The number of fused-ring (bicyclic) bond motifs is 1. The van der Waals surface area contributed by atoms with Gasteiger partial charge in [0, 0.05) is 6.04 Å². The molecule has 82 valence electrons. The van der Waals surface area contributed by atoms with Crippen LogP contribution in [-0.4, -0.2) is 18.7 Å². The number of aryl methyl sites for hydroxylation is 1. The van der Waals surface area contributed by atoms with Crippen LogP contribution < -0.4 is 9.64 Å². The van der Waals surface area contributed by atoms with Crippen LogP contribution in [0.3, 0.4) is 0 Å². The summed E-state index contributed by atoms with van der Waals surface area (Å²) in [6.07, 6.45) is 0. The van der Waals surface area contributed by atoms with Gasteiger partial charge < -0.3 is 9.64 Å². The molecule has 0 fully saturated rings. The lowest BCUT2D eigenvalue weighted by Crippen LogP contribution is -2.45. The smallest absolute Gasteiger partial charge is 0.142 e. The van der Waals surface area contributed by atoms with Gasteiger partial charge in [-0.1, -0.05) is 6.07 Å². The Morgan fingerprint density at radius 3 is 2.80 bits per heavy atom. The summed E-state index contributed by atoms with van der Waals surface area (Å²) in [5.41, 5.74) is 2.53. The van der Waals surface area contributed by atoms with Crippen molar-refractivity contribution < 1.29 is 4.74 Å². The second kappa shape index (κ2) is 3.76. The molecular weight excluding hydrogens is 186 g/mol. The molecule has 0 aromatic heterocycles. The highest BCUT2D eigenvalue weighted by atomic mass is 16.5. The predicted octanol–water partition coefficient (Wildman–Crippen LogP) is 2.99. The van der Waals surface area contributed by atoms with Crippen molar-refractivity contribution in [3.63, 3.8) is 0 Å². The minimum absolute atomic E-state index is 0.458. The second-order valence-electron chi connectivity index (χ2n) is 4.63. The molecule has 0 spiro atoms. The van der Waals surface area contributed by atoms with Crippen LogP contribution in [0.15, 0.2) is 18.2 Å². The molecule has 0 amide bonds. The molecule has 1 atom stereocenters. The third kappa shape index (κ3) is 1.81. The van der Waals surface area contributed by atoms with Crippen LogP contribution in [0.4, 0.5) is 5.69 Å². The maximum atomic E-state index is 5.73. The monoisotopic (exact) mass is 205 g/mol. The normalized spacial score (nSPS) is 20.1. The number of ether oxygens (including phenoxy) is 1. The lowest BCUT2D eigenvalue weighted by atomic mass is 10.1. The third-order valence-corrected chi connectivity index (χ3v) is 2.90. The number of benzene rings is 1. The minimum Gasteiger partial charge on any atom is -0.489 e. The molecule has 1 aromatic rings. The molecule has 0 radical (unpaired) electrons. The van der Waals surface area contributed by atoms with Gasteiger partial charge in [-0.05, 0) is 45.4 Å². The molecule has 0 saturated heterocycles. The van der Waals surface area contributed by atoms with E-state index in [1.54, 1.807) is 0 Å². The van der Waals surface area contributed by atoms with E-state index in [9.17, 15) is 0 Å². The van der Waals surface area contributed by atoms with Crippen molar-refractivity contribution in [1.82, 2.24) is 0 Å². The molecule has 1 unspecified atom stereocenters. The highest BCUT2D eigenvalue weighted by Gasteiger charge is 2.26. The van der Waals surface area contributed by atoms with Gasteiger partial charge in [0.15, 0.2) is 0 Å². The minimum atomic E-state index is 0.458. The molecule has 2 nitrogen and oxygen atoms in total. The molecule has 0 N–H and O–H groups in total. The topological polar surface area (TPSA) is 12.5 Å². The number of hydrogen-bond acceptors (Lipinski definition) is 2. The van der Waals surface area contributed by atoms with Crippen LogP contribution in [-0.2, 0) is 0 Å². The van der Waals surface area contributed by atoms with Gasteiger partial charge >= 0.3 is 0 Å². The average molecular weight is 205 g/mol. The summed E-state index contributed by atoms with van der Waals surface area (Å²) < 4.78 is 5.73. The van der Waals surface area contributed by atoms with Crippen LogP contribution in [0.5, 0.6) is 5.75 Å². The number of nitrogens with zero attached hydrogens (tertiary/aromatic N) is 1. The summed E-state index contributed by atoms with van der Waals surface area (Å²) in [5, 5.41) is 0. The Morgan fingerprint density at radius 1 is 1.40 bits per heavy atom. The van der Waals surface area contributed by atoms with E-state index in [1.165, 1.54) is 11.3 Å². The fraction of sp³-hybridized carbons (Fsp3) is 0.538. The van der Waals surface area contributed by atoms with Gasteiger partial charge in [0.2, 0.25) is 0 Å². The molecule has 1 heterocycles. The van der Waals surface area contributed by atoms with Gasteiger partial charge in [-0.2, -0.15) is 0 Å². The summed E-state index contributed by atoms with van der Waals surface area (Å²) in [5.74, 6) is 1.02. The third-order valence-electron chi connectivity index (χ3n) is 2.90. The van der Waals surface area contributed by atoms with E-state index in [1.807, 2.05) is 0 Å². The lowest BCUT2D eigenvalue weighted by molar-refractivity contribution is 0.264. The average Bonchev–Trinajstić information content (AvgIpc) is 2.16. The first-order valence-corrected chi connectivity index (χ1v) is 5.61. The fourth-order valence-electron chi connectivity index (χ4n) is 2.27. The fourth-order valence-corrected chi connectivity index (χ4v) is 2.27. The maximum absolute atomic E-state index is 5.73. The molecule has 15 heavy (non-hydrogen) atoms. The highest BCUT2D eigenvalue weighted by molar-refractivity contribution is 5.62. The van der Waals surface area contributed by atoms with Gasteiger partial charge in [-0.15, -0.1) is 0 Å². The second-order valence-corrected chi connectivity index (χ2v) is 4.63. The van der Waals surface area contributed by atoms with Crippen molar-refractivity contribution >= 4 is 5.69 Å². The van der Waals surface area contributed by atoms with E-state index in [4.69, 9.17) is 4.74 Å². The van der Waals surface area contributed by atoms with Crippen molar-refractivity contribution in [2.75, 3.05) is 11.5 Å². The standard InChI is InChI=1S/C13H19NO/c1-9(2)14-11(4)8-15-13-6-5-10(3)7-12(13)14/h5-7,9,11H,8H2,1-4H3. The van der Waals surface area contributed by atoms with Crippen LogP contribution in [0, 0.1) is 6.92 Å². The zero-order valence-electron chi connectivity index (χ0n) is 9.95. The first-order valence-electron chi connectivity index (χ1n) is 5.61. The van der Waals surface area contributed by atoms with E-state index in [0.717, 1.165) is 12.4 Å². The molecule has 0 saturated carbocycles. The first-order chi connectivity index (χ1) is 7.09. The highest BCUT2D eigenvalue weighted by Crippen LogP contribution is 2.35. The Labute approximate surface area is 91.9 Å². The van der Waals surface area contributed by atoms with Crippen molar-refractivity contribution in [3.05, 3.63) is 23.8 Å². The summed E-state index contributed by atoms with van der Waals surface area (Å²) in [4.78, 5) is 2.44. The number of hydrogen-bond donors (Lipinski definition) is 0. The van der Waals surface area contributed by atoms with Crippen LogP contribution in [0.1, 0.15) is 26.3 Å². The molecule has 0 aliphatic carbocycles. The maximum Gasteiger partial charge on any atom is 0.142 e. The zero-order valence-corrected chi connectivity index (χ0v) is 9.95. The number of anilines is 1. The Bertz CT molecular complexity index is 360. The Morgan fingerprint density at radius 2 is 2.13 bits per heavy atom. The summed E-state index contributed by atoms with van der Waals surface area (Å²) in [6.45, 7) is 9.58. The molecule has 0 bridgehead atoms. The van der Waals surface area contributed by atoms with E-state index in [2.05, 4.69) is 50.8 Å². The van der Waals surface area contributed by atoms with Crippen molar-refractivity contribution in [2.24, 2.45) is 0 Å². The Kier molecular flexibility index (Phi) is 2.59. The summed E-state index contributed by atoms with van der Waals surface area (Å²) >= 11 is 0. The van der Waals surface area contributed by atoms with E-state index >= 15 is 0 Å².